The van der Waals surface area contributed by atoms with Crippen LogP contribution in [0.2, 0.25) is 0 Å². The van der Waals surface area contributed by atoms with Gasteiger partial charge < -0.3 is 5.32 Å². The fourth-order valence-electron chi connectivity index (χ4n) is 2.60. The largest absolute Gasteiger partial charge is 0.352 e. The number of amides is 1. The quantitative estimate of drug-likeness (QED) is 0.736. The van der Waals surface area contributed by atoms with Crippen LogP contribution in [0, 0.1) is 5.82 Å². The van der Waals surface area contributed by atoms with Gasteiger partial charge in [0, 0.05) is 6.54 Å². The Hall–Kier alpha value is -3.55. The second-order valence-corrected chi connectivity index (χ2v) is 5.76. The summed E-state index contributed by atoms with van der Waals surface area (Å²) in [5, 5.41) is 6.48. The number of benzene rings is 2. The molecule has 0 atom stereocenters. The molecule has 1 heterocycles. The van der Waals surface area contributed by atoms with E-state index in [2.05, 4.69) is 10.4 Å². The highest BCUT2D eigenvalue weighted by molar-refractivity contribution is 5.91. The van der Waals surface area contributed by atoms with Crippen LogP contribution < -0.4 is 16.6 Å². The maximum atomic E-state index is 13.5. The molecule has 0 aliphatic carbocycles. The molecular formula is C19H17FN4O3. The van der Waals surface area contributed by atoms with Gasteiger partial charge in [0.05, 0.1) is 12.2 Å². The molecule has 1 N–H and O–H groups in total. The van der Waals surface area contributed by atoms with Crippen LogP contribution in [0.4, 0.5) is 4.39 Å². The number of rotatable bonds is 5. The number of carbonyl (C=O) groups excluding carboxylic acids is 1. The maximum absolute atomic E-state index is 13.5. The van der Waals surface area contributed by atoms with Crippen LogP contribution in [0.1, 0.15) is 23.0 Å². The Morgan fingerprint density at radius 3 is 2.52 bits per heavy atom. The first-order chi connectivity index (χ1) is 13.0. The van der Waals surface area contributed by atoms with Gasteiger partial charge in [-0.15, -0.1) is 0 Å². The zero-order chi connectivity index (χ0) is 19.4. The molecule has 27 heavy (non-hydrogen) atoms. The number of nitrogens with one attached hydrogen (secondary N) is 1. The van der Waals surface area contributed by atoms with E-state index >= 15 is 0 Å². The summed E-state index contributed by atoms with van der Waals surface area (Å²) in [7, 11) is 0. The minimum Gasteiger partial charge on any atom is -0.351 e. The van der Waals surface area contributed by atoms with E-state index in [-0.39, 0.29) is 6.54 Å². The summed E-state index contributed by atoms with van der Waals surface area (Å²) in [5.41, 5.74) is -1.13. The zero-order valence-electron chi connectivity index (χ0n) is 14.6. The number of halogens is 1. The summed E-state index contributed by atoms with van der Waals surface area (Å²) < 4.78 is 15.3. The Labute approximate surface area is 153 Å². The molecule has 0 aliphatic rings. The van der Waals surface area contributed by atoms with Gasteiger partial charge >= 0.3 is 5.69 Å². The lowest BCUT2D eigenvalue weighted by molar-refractivity contribution is 0.0946. The number of aromatic nitrogens is 3. The Kier molecular flexibility index (Phi) is 5.25. The summed E-state index contributed by atoms with van der Waals surface area (Å²) in [6, 6.07) is 14.0. The first-order valence-corrected chi connectivity index (χ1v) is 8.33. The van der Waals surface area contributed by atoms with E-state index in [0.29, 0.717) is 17.8 Å². The third kappa shape index (κ3) is 3.84. The van der Waals surface area contributed by atoms with E-state index in [0.717, 1.165) is 9.25 Å². The topological polar surface area (TPSA) is 86.0 Å². The van der Waals surface area contributed by atoms with E-state index in [9.17, 15) is 18.8 Å². The third-order valence-corrected chi connectivity index (χ3v) is 3.84. The van der Waals surface area contributed by atoms with Crippen LogP contribution in [0.15, 0.2) is 64.2 Å². The minimum atomic E-state index is -0.831. The number of nitrogens with zero attached hydrogens (tertiary/aromatic N) is 3. The molecule has 0 bridgehead atoms. The lowest BCUT2D eigenvalue weighted by atomic mass is 10.2. The molecule has 7 nitrogen and oxygen atoms in total. The monoisotopic (exact) mass is 368 g/mol. The fraction of sp³-hybridized carbons (Fsp3) is 0.158. The molecule has 8 heteroatoms. The molecule has 1 aromatic heterocycles. The van der Waals surface area contributed by atoms with Gasteiger partial charge in [0.2, 0.25) is 5.69 Å². The fourth-order valence-corrected chi connectivity index (χ4v) is 2.60. The standard InChI is InChI=1S/C19H17FN4O3/c1-2-21-17(25)16-18(26)23(12-13-7-6-8-14(20)11-13)19(27)24(22-16)15-9-4-3-5-10-15/h3-11H,2,12H2,1H3,(H,21,25). The smallest absolute Gasteiger partial charge is 0.351 e. The van der Waals surface area contributed by atoms with Crippen molar-refractivity contribution in [3.05, 3.63) is 92.5 Å². The van der Waals surface area contributed by atoms with E-state index in [1.165, 1.54) is 18.2 Å². The number of hydrogen-bond donors (Lipinski definition) is 1. The Morgan fingerprint density at radius 2 is 1.85 bits per heavy atom. The predicted octanol–water partition coefficient (Wildman–Crippen LogP) is 1.33. The summed E-state index contributed by atoms with van der Waals surface area (Å²) >= 11 is 0. The molecule has 0 spiro atoms. The molecule has 0 fully saturated rings. The lowest BCUT2D eigenvalue weighted by Crippen LogP contribution is -2.46. The van der Waals surface area contributed by atoms with Gasteiger partial charge in [-0.05, 0) is 36.8 Å². The van der Waals surface area contributed by atoms with Gasteiger partial charge in [-0.25, -0.2) is 9.18 Å². The Balaban J connectivity index is 2.21. The SMILES string of the molecule is CCNC(=O)c1nn(-c2ccccc2)c(=O)n(Cc2cccc(F)c2)c1=O. The first kappa shape index (κ1) is 18.2. The van der Waals surface area contributed by atoms with Crippen molar-refractivity contribution in [2.45, 2.75) is 13.5 Å². The average molecular weight is 368 g/mol. The molecule has 3 aromatic rings. The average Bonchev–Trinajstić information content (AvgIpc) is 2.66. The van der Waals surface area contributed by atoms with Gasteiger partial charge in [0.25, 0.3) is 11.5 Å². The van der Waals surface area contributed by atoms with Crippen LogP contribution in [0.3, 0.4) is 0 Å². The van der Waals surface area contributed by atoms with E-state index in [1.54, 1.807) is 43.3 Å². The molecule has 138 valence electrons. The van der Waals surface area contributed by atoms with Crippen molar-refractivity contribution >= 4 is 5.91 Å². The van der Waals surface area contributed by atoms with Crippen molar-refractivity contribution in [1.82, 2.24) is 19.7 Å². The minimum absolute atomic E-state index is 0.183. The van der Waals surface area contributed by atoms with Gasteiger partial charge in [-0.2, -0.15) is 9.78 Å². The van der Waals surface area contributed by atoms with Gasteiger partial charge in [0.1, 0.15) is 5.82 Å². The van der Waals surface area contributed by atoms with Crippen LogP contribution in [-0.2, 0) is 6.54 Å². The van der Waals surface area contributed by atoms with Gasteiger partial charge in [-0.3, -0.25) is 14.2 Å². The molecule has 0 unspecified atom stereocenters. The zero-order valence-corrected chi connectivity index (χ0v) is 14.6. The first-order valence-electron chi connectivity index (χ1n) is 8.33. The maximum Gasteiger partial charge on any atom is 0.352 e. The summed E-state index contributed by atoms with van der Waals surface area (Å²) in [5.74, 6) is -1.16. The molecule has 3 rings (SSSR count). The van der Waals surface area contributed by atoms with Gasteiger partial charge in [-0.1, -0.05) is 30.3 Å². The summed E-state index contributed by atoms with van der Waals surface area (Å²) in [6.45, 7) is 1.82. The van der Waals surface area contributed by atoms with Gasteiger partial charge in [0.15, 0.2) is 0 Å². The van der Waals surface area contributed by atoms with Crippen LogP contribution in [-0.4, -0.2) is 26.8 Å². The van der Waals surface area contributed by atoms with Crippen LogP contribution >= 0.6 is 0 Å². The van der Waals surface area contributed by atoms with Crippen LogP contribution in [0.5, 0.6) is 0 Å². The Morgan fingerprint density at radius 1 is 1.11 bits per heavy atom. The van der Waals surface area contributed by atoms with Crippen LogP contribution in [0.25, 0.3) is 5.69 Å². The Bertz CT molecular complexity index is 1090. The predicted molar refractivity (Wildman–Crippen MR) is 97.6 cm³/mol. The van der Waals surface area contributed by atoms with Crippen molar-refractivity contribution in [2.75, 3.05) is 6.54 Å². The second-order valence-electron chi connectivity index (χ2n) is 5.76. The molecule has 2 aromatic carbocycles. The van der Waals surface area contributed by atoms with Crippen molar-refractivity contribution in [3.63, 3.8) is 0 Å². The molecular weight excluding hydrogens is 351 g/mol. The van der Waals surface area contributed by atoms with Crippen molar-refractivity contribution in [3.8, 4) is 5.69 Å². The normalized spacial score (nSPS) is 10.6. The third-order valence-electron chi connectivity index (χ3n) is 3.84. The summed E-state index contributed by atoms with van der Waals surface area (Å²) in [4.78, 5) is 37.8. The number of carbonyl (C=O) groups is 1. The van der Waals surface area contributed by atoms with E-state index in [1.807, 2.05) is 0 Å². The van der Waals surface area contributed by atoms with Crippen molar-refractivity contribution in [2.24, 2.45) is 0 Å². The van der Waals surface area contributed by atoms with Crippen molar-refractivity contribution in [1.29, 1.82) is 0 Å². The highest BCUT2D eigenvalue weighted by Crippen LogP contribution is 2.05. The molecule has 0 radical (unpaired) electrons. The van der Waals surface area contributed by atoms with E-state index < -0.39 is 28.7 Å². The highest BCUT2D eigenvalue weighted by atomic mass is 19.1. The molecule has 0 aliphatic heterocycles. The molecule has 0 saturated heterocycles. The summed E-state index contributed by atoms with van der Waals surface area (Å²) in [6.07, 6.45) is 0. The van der Waals surface area contributed by atoms with Crippen molar-refractivity contribution < 1.29 is 9.18 Å². The number of hydrogen-bond acceptors (Lipinski definition) is 4. The lowest BCUT2D eigenvalue weighted by Gasteiger charge is -2.12. The number of para-hydroxylation sites is 1. The van der Waals surface area contributed by atoms with E-state index in [4.69, 9.17) is 0 Å². The molecule has 0 saturated carbocycles. The highest BCUT2D eigenvalue weighted by Gasteiger charge is 2.20. The molecule has 1 amide bonds. The second kappa shape index (κ2) is 7.77.